The van der Waals surface area contributed by atoms with Crippen molar-refractivity contribution >= 4 is 10.8 Å². The standard InChI is InChI=1S/C14H11N3O/c1-18-14-9-8-11(5-4-10-16-17-15)12-6-2-3-7-13(12)14/h2-3,6-9H,10H2,1H3. The van der Waals surface area contributed by atoms with E-state index in [0.29, 0.717) is 0 Å². The van der Waals surface area contributed by atoms with Gasteiger partial charge in [0, 0.05) is 21.2 Å². The summed E-state index contributed by atoms with van der Waals surface area (Å²) in [5.74, 6) is 6.65. The molecule has 2 aromatic rings. The number of fused-ring (bicyclic) bond motifs is 1. The molecule has 0 amide bonds. The molecule has 2 rings (SSSR count). The summed E-state index contributed by atoms with van der Waals surface area (Å²) in [6, 6.07) is 11.7. The number of rotatable bonds is 2. The molecule has 4 nitrogen and oxygen atoms in total. The molecule has 2 aromatic carbocycles. The van der Waals surface area contributed by atoms with E-state index in [1.54, 1.807) is 7.11 Å². The van der Waals surface area contributed by atoms with Gasteiger partial charge in [0.15, 0.2) is 0 Å². The Balaban J connectivity index is 2.51. The van der Waals surface area contributed by atoms with Gasteiger partial charge in [0.05, 0.1) is 13.7 Å². The zero-order valence-corrected chi connectivity index (χ0v) is 9.92. The first-order valence-electron chi connectivity index (χ1n) is 5.42. The van der Waals surface area contributed by atoms with Gasteiger partial charge in [0.25, 0.3) is 0 Å². The van der Waals surface area contributed by atoms with Crippen molar-refractivity contribution in [1.29, 1.82) is 0 Å². The number of ether oxygens (including phenoxy) is 1. The van der Waals surface area contributed by atoms with Crippen LogP contribution in [0, 0.1) is 11.8 Å². The lowest BCUT2D eigenvalue weighted by atomic mass is 10.0. The maximum atomic E-state index is 8.18. The first kappa shape index (κ1) is 11.8. The average Bonchev–Trinajstić information content (AvgIpc) is 2.43. The van der Waals surface area contributed by atoms with Crippen LogP contribution in [0.15, 0.2) is 41.5 Å². The van der Waals surface area contributed by atoms with Crippen LogP contribution in [0.1, 0.15) is 5.56 Å². The summed E-state index contributed by atoms with van der Waals surface area (Å²) >= 11 is 0. The van der Waals surface area contributed by atoms with E-state index in [-0.39, 0.29) is 6.54 Å². The topological polar surface area (TPSA) is 58.0 Å². The fourth-order valence-electron chi connectivity index (χ4n) is 1.76. The molecule has 0 N–H and O–H groups in total. The summed E-state index contributed by atoms with van der Waals surface area (Å²) in [4.78, 5) is 2.66. The van der Waals surface area contributed by atoms with E-state index < -0.39 is 0 Å². The second-order valence-electron chi connectivity index (χ2n) is 3.55. The Bertz CT molecular complexity index is 676. The summed E-state index contributed by atoms with van der Waals surface area (Å²) in [6.07, 6.45) is 0. The summed E-state index contributed by atoms with van der Waals surface area (Å²) in [6.45, 7) is 0.177. The van der Waals surface area contributed by atoms with Gasteiger partial charge >= 0.3 is 0 Å². The van der Waals surface area contributed by atoms with Gasteiger partial charge in [0.2, 0.25) is 0 Å². The number of benzene rings is 2. The Morgan fingerprint density at radius 1 is 1.22 bits per heavy atom. The van der Waals surface area contributed by atoms with E-state index in [1.165, 1.54) is 0 Å². The van der Waals surface area contributed by atoms with Crippen LogP contribution in [0.2, 0.25) is 0 Å². The summed E-state index contributed by atoms with van der Waals surface area (Å²) in [7, 11) is 1.65. The van der Waals surface area contributed by atoms with Crippen molar-refractivity contribution in [1.82, 2.24) is 0 Å². The van der Waals surface area contributed by atoms with E-state index in [1.807, 2.05) is 36.4 Å². The van der Waals surface area contributed by atoms with Gasteiger partial charge in [0.1, 0.15) is 5.75 Å². The highest BCUT2D eigenvalue weighted by Gasteiger charge is 2.03. The van der Waals surface area contributed by atoms with E-state index in [2.05, 4.69) is 21.9 Å². The Labute approximate surface area is 105 Å². The fraction of sp³-hybridized carbons (Fsp3) is 0.143. The number of hydrogen-bond acceptors (Lipinski definition) is 2. The minimum absolute atomic E-state index is 0.177. The summed E-state index contributed by atoms with van der Waals surface area (Å²) in [5, 5.41) is 5.44. The van der Waals surface area contributed by atoms with Gasteiger partial charge in [-0.3, -0.25) is 0 Å². The van der Waals surface area contributed by atoms with Crippen LogP contribution in [0.25, 0.3) is 21.2 Å². The second-order valence-corrected chi connectivity index (χ2v) is 3.55. The maximum absolute atomic E-state index is 8.18. The zero-order valence-electron chi connectivity index (χ0n) is 9.92. The van der Waals surface area contributed by atoms with E-state index in [4.69, 9.17) is 10.3 Å². The quantitative estimate of drug-likeness (QED) is 0.341. The lowest BCUT2D eigenvalue weighted by Crippen LogP contribution is -1.87. The van der Waals surface area contributed by atoms with Crippen LogP contribution in [0.3, 0.4) is 0 Å². The van der Waals surface area contributed by atoms with Crippen LogP contribution >= 0.6 is 0 Å². The number of nitrogens with zero attached hydrogens (tertiary/aromatic N) is 3. The third-order valence-corrected chi connectivity index (χ3v) is 2.54. The van der Waals surface area contributed by atoms with Crippen LogP contribution in [0.5, 0.6) is 5.75 Å². The highest BCUT2D eigenvalue weighted by atomic mass is 16.5. The third kappa shape index (κ3) is 2.37. The van der Waals surface area contributed by atoms with Crippen molar-refractivity contribution in [2.75, 3.05) is 13.7 Å². The summed E-state index contributed by atoms with van der Waals surface area (Å²) < 4.78 is 5.31. The molecule has 0 saturated carbocycles. The lowest BCUT2D eigenvalue weighted by Gasteiger charge is -2.06. The SMILES string of the molecule is COc1ccc(C#CCN=[N+]=[N-])c2ccccc12. The largest absolute Gasteiger partial charge is 0.496 e. The zero-order chi connectivity index (χ0) is 12.8. The molecule has 0 aliphatic carbocycles. The molecule has 0 atom stereocenters. The van der Waals surface area contributed by atoms with Gasteiger partial charge in [-0.15, -0.1) is 0 Å². The van der Waals surface area contributed by atoms with Crippen LogP contribution < -0.4 is 4.74 Å². The second kappa shape index (κ2) is 5.62. The molecule has 0 aliphatic rings. The first-order chi connectivity index (χ1) is 8.86. The van der Waals surface area contributed by atoms with Crippen molar-refractivity contribution < 1.29 is 4.74 Å². The minimum Gasteiger partial charge on any atom is -0.496 e. The fourth-order valence-corrected chi connectivity index (χ4v) is 1.76. The van der Waals surface area contributed by atoms with Crippen molar-refractivity contribution in [3.05, 3.63) is 52.4 Å². The molecule has 0 radical (unpaired) electrons. The Morgan fingerprint density at radius 2 is 2.00 bits per heavy atom. The van der Waals surface area contributed by atoms with Gasteiger partial charge in [-0.25, -0.2) is 0 Å². The van der Waals surface area contributed by atoms with Crippen molar-refractivity contribution in [3.63, 3.8) is 0 Å². The Hall–Kier alpha value is -2.63. The average molecular weight is 237 g/mol. The Morgan fingerprint density at radius 3 is 2.72 bits per heavy atom. The highest BCUT2D eigenvalue weighted by Crippen LogP contribution is 2.27. The molecular formula is C14H11N3O. The van der Waals surface area contributed by atoms with Crippen LogP contribution in [-0.4, -0.2) is 13.7 Å². The van der Waals surface area contributed by atoms with Crippen molar-refractivity contribution in [2.24, 2.45) is 5.11 Å². The predicted molar refractivity (Wildman–Crippen MR) is 71.4 cm³/mol. The van der Waals surface area contributed by atoms with Gasteiger partial charge in [-0.05, 0) is 17.7 Å². The Kier molecular flexibility index (Phi) is 3.70. The first-order valence-corrected chi connectivity index (χ1v) is 5.42. The molecule has 0 unspecified atom stereocenters. The van der Waals surface area contributed by atoms with Crippen LogP contribution in [-0.2, 0) is 0 Å². The molecule has 0 heterocycles. The van der Waals surface area contributed by atoms with Gasteiger partial charge in [-0.2, -0.15) is 0 Å². The van der Waals surface area contributed by atoms with Gasteiger partial charge < -0.3 is 4.74 Å². The molecule has 88 valence electrons. The van der Waals surface area contributed by atoms with E-state index in [0.717, 1.165) is 22.1 Å². The summed E-state index contributed by atoms with van der Waals surface area (Å²) in [5.41, 5.74) is 9.08. The number of hydrogen-bond donors (Lipinski definition) is 0. The smallest absolute Gasteiger partial charge is 0.126 e. The predicted octanol–water partition coefficient (Wildman–Crippen LogP) is 3.51. The molecule has 4 heteroatoms. The molecule has 0 aromatic heterocycles. The number of azide groups is 1. The normalized spacial score (nSPS) is 9.17. The molecule has 0 aliphatic heterocycles. The molecule has 0 saturated heterocycles. The monoisotopic (exact) mass is 237 g/mol. The molecule has 0 fully saturated rings. The molecule has 0 bridgehead atoms. The minimum atomic E-state index is 0.177. The third-order valence-electron chi connectivity index (χ3n) is 2.54. The van der Waals surface area contributed by atoms with Crippen LogP contribution in [0.4, 0.5) is 0 Å². The van der Waals surface area contributed by atoms with E-state index in [9.17, 15) is 0 Å². The van der Waals surface area contributed by atoms with Crippen molar-refractivity contribution in [2.45, 2.75) is 0 Å². The van der Waals surface area contributed by atoms with Gasteiger partial charge in [-0.1, -0.05) is 41.2 Å². The van der Waals surface area contributed by atoms with Crippen molar-refractivity contribution in [3.8, 4) is 17.6 Å². The lowest BCUT2D eigenvalue weighted by molar-refractivity contribution is 0.420. The number of methoxy groups -OCH3 is 1. The highest BCUT2D eigenvalue weighted by molar-refractivity contribution is 5.93. The molecular weight excluding hydrogens is 226 g/mol. The molecule has 0 spiro atoms. The maximum Gasteiger partial charge on any atom is 0.126 e. The molecule has 18 heavy (non-hydrogen) atoms. The van der Waals surface area contributed by atoms with E-state index >= 15 is 0 Å².